The van der Waals surface area contributed by atoms with Crippen LogP contribution in [0.4, 0.5) is 0 Å². The first-order valence-electron chi connectivity index (χ1n) is 9.68. The normalized spacial score (nSPS) is 12.4. The van der Waals surface area contributed by atoms with Gasteiger partial charge in [0.15, 0.2) is 0 Å². The summed E-state index contributed by atoms with van der Waals surface area (Å²) >= 11 is 0. The van der Waals surface area contributed by atoms with Crippen molar-refractivity contribution in [2.45, 2.75) is 54.4 Å². The molecule has 0 fully saturated rings. The quantitative estimate of drug-likeness (QED) is 0.446. The van der Waals surface area contributed by atoms with Gasteiger partial charge in [0.1, 0.15) is 0 Å². The largest absolute Gasteiger partial charge is 0.379 e. The first-order chi connectivity index (χ1) is 12.1. The average molecular weight is 376 g/mol. The maximum absolute atomic E-state index is 11.6. The fourth-order valence-electron chi connectivity index (χ4n) is 1.81. The van der Waals surface area contributed by atoms with E-state index in [9.17, 15) is 4.79 Å². The molecule has 0 saturated heterocycles. The molecule has 0 bridgehead atoms. The molecule has 0 unspecified atom stereocenters. The summed E-state index contributed by atoms with van der Waals surface area (Å²) in [4.78, 5) is 11.6. The maximum Gasteiger partial charge on any atom is 0.222 e. The fourth-order valence-corrected chi connectivity index (χ4v) is 1.81. The Morgan fingerprint density at radius 2 is 1.23 bits per heavy atom. The van der Waals surface area contributed by atoms with Crippen molar-refractivity contribution in [1.29, 1.82) is 0 Å². The first kappa shape index (κ1) is 25.3. The van der Waals surface area contributed by atoms with Crippen molar-refractivity contribution in [2.75, 3.05) is 59.4 Å². The van der Waals surface area contributed by atoms with Crippen LogP contribution in [0.2, 0.25) is 0 Å². The fraction of sp³-hybridized carbons (Fsp3) is 0.950. The van der Waals surface area contributed by atoms with E-state index in [4.69, 9.17) is 18.9 Å². The van der Waals surface area contributed by atoms with Gasteiger partial charge in [0.05, 0.1) is 46.2 Å². The molecule has 0 heterocycles. The van der Waals surface area contributed by atoms with Gasteiger partial charge in [0, 0.05) is 19.6 Å². The third kappa shape index (κ3) is 21.4. The van der Waals surface area contributed by atoms with Crippen LogP contribution in [0.25, 0.3) is 0 Å². The summed E-state index contributed by atoms with van der Waals surface area (Å²) in [6, 6.07) is 0. The summed E-state index contributed by atoms with van der Waals surface area (Å²) in [6.07, 6.45) is 1.39. The molecule has 0 aromatic heterocycles. The highest BCUT2D eigenvalue weighted by Gasteiger charge is 2.10. The number of ether oxygens (including phenoxy) is 4. The van der Waals surface area contributed by atoms with Gasteiger partial charge in [-0.3, -0.25) is 4.79 Å². The molecule has 6 nitrogen and oxygen atoms in total. The molecule has 0 saturated carbocycles. The smallest absolute Gasteiger partial charge is 0.222 e. The van der Waals surface area contributed by atoms with Crippen LogP contribution in [0.1, 0.15) is 54.4 Å². The van der Waals surface area contributed by atoms with Gasteiger partial charge < -0.3 is 24.3 Å². The highest BCUT2D eigenvalue weighted by molar-refractivity contribution is 5.75. The third-order valence-electron chi connectivity index (χ3n) is 3.32. The van der Waals surface area contributed by atoms with E-state index < -0.39 is 0 Å². The summed E-state index contributed by atoms with van der Waals surface area (Å²) in [5, 5.41) is 2.81. The van der Waals surface area contributed by atoms with Gasteiger partial charge >= 0.3 is 0 Å². The molecular formula is C20H41NO5. The second-order valence-corrected chi connectivity index (χ2v) is 8.86. The van der Waals surface area contributed by atoms with Crippen molar-refractivity contribution in [3.63, 3.8) is 0 Å². The molecule has 1 amide bonds. The highest BCUT2D eigenvalue weighted by Crippen LogP contribution is 2.17. The lowest BCUT2D eigenvalue weighted by molar-refractivity contribution is -0.122. The molecule has 0 spiro atoms. The van der Waals surface area contributed by atoms with Crippen LogP contribution in [0.15, 0.2) is 0 Å². The molecule has 0 aliphatic carbocycles. The lowest BCUT2D eigenvalue weighted by Gasteiger charge is -2.17. The lowest BCUT2D eigenvalue weighted by Crippen LogP contribution is -2.28. The Labute approximate surface area is 160 Å². The second kappa shape index (κ2) is 14.4. The van der Waals surface area contributed by atoms with Crippen molar-refractivity contribution in [1.82, 2.24) is 5.32 Å². The predicted molar refractivity (Wildman–Crippen MR) is 104 cm³/mol. The molecular weight excluding hydrogens is 334 g/mol. The SMILES string of the molecule is CC(C)(C)CCOCCOCCNC(=O)CCOCCOCC(C)(C)C. The highest BCUT2D eigenvalue weighted by atomic mass is 16.5. The Bertz CT molecular complexity index is 347. The zero-order chi connectivity index (χ0) is 19.9. The standard InChI is InChI=1S/C20H41NO5/c1-19(2,3)8-11-24-13-14-25-12-9-21-18(22)7-10-23-15-16-26-17-20(4,5)6/h7-17H2,1-6H3,(H,21,22). The van der Waals surface area contributed by atoms with E-state index in [1.54, 1.807) is 0 Å². The van der Waals surface area contributed by atoms with Crippen LogP contribution in [0.3, 0.4) is 0 Å². The zero-order valence-electron chi connectivity index (χ0n) is 17.8. The topological polar surface area (TPSA) is 66.0 Å². The Hall–Kier alpha value is -0.690. The summed E-state index contributed by atoms with van der Waals surface area (Å²) in [5.74, 6) is -0.0226. The number of carbonyl (C=O) groups is 1. The summed E-state index contributed by atoms with van der Waals surface area (Å²) in [5.41, 5.74) is 0.467. The minimum atomic E-state index is -0.0226. The van der Waals surface area contributed by atoms with Crippen LogP contribution < -0.4 is 5.32 Å². The number of nitrogens with one attached hydrogen (secondary N) is 1. The minimum absolute atomic E-state index is 0.0226. The van der Waals surface area contributed by atoms with Gasteiger partial charge in [-0.25, -0.2) is 0 Å². The van der Waals surface area contributed by atoms with Crippen LogP contribution in [-0.2, 0) is 23.7 Å². The molecule has 0 rings (SSSR count). The van der Waals surface area contributed by atoms with E-state index in [1.165, 1.54) is 0 Å². The van der Waals surface area contributed by atoms with Gasteiger partial charge in [0.2, 0.25) is 5.91 Å². The maximum atomic E-state index is 11.6. The van der Waals surface area contributed by atoms with E-state index in [0.29, 0.717) is 64.6 Å². The van der Waals surface area contributed by atoms with Crippen molar-refractivity contribution < 1.29 is 23.7 Å². The molecule has 6 heteroatoms. The van der Waals surface area contributed by atoms with Gasteiger partial charge in [-0.05, 0) is 17.3 Å². The van der Waals surface area contributed by atoms with Gasteiger partial charge in [-0.15, -0.1) is 0 Å². The third-order valence-corrected chi connectivity index (χ3v) is 3.32. The van der Waals surface area contributed by atoms with E-state index >= 15 is 0 Å². The molecule has 0 atom stereocenters. The number of hydrogen-bond donors (Lipinski definition) is 1. The molecule has 26 heavy (non-hydrogen) atoms. The second-order valence-electron chi connectivity index (χ2n) is 8.86. The molecule has 0 aromatic rings. The van der Waals surface area contributed by atoms with Crippen LogP contribution in [0, 0.1) is 10.8 Å². The van der Waals surface area contributed by atoms with Crippen molar-refractivity contribution in [3.05, 3.63) is 0 Å². The lowest BCUT2D eigenvalue weighted by atomic mass is 9.93. The van der Waals surface area contributed by atoms with E-state index in [2.05, 4.69) is 46.9 Å². The number of amides is 1. The van der Waals surface area contributed by atoms with E-state index in [-0.39, 0.29) is 11.3 Å². The summed E-state index contributed by atoms with van der Waals surface area (Å²) in [6.45, 7) is 18.1. The molecule has 0 aliphatic heterocycles. The summed E-state index contributed by atoms with van der Waals surface area (Å²) < 4.78 is 21.8. The monoisotopic (exact) mass is 375 g/mol. The van der Waals surface area contributed by atoms with Crippen LogP contribution in [-0.4, -0.2) is 65.3 Å². The van der Waals surface area contributed by atoms with Crippen molar-refractivity contribution in [3.8, 4) is 0 Å². The van der Waals surface area contributed by atoms with E-state index in [1.807, 2.05) is 0 Å². The van der Waals surface area contributed by atoms with Crippen molar-refractivity contribution in [2.24, 2.45) is 10.8 Å². The number of hydrogen-bond acceptors (Lipinski definition) is 5. The Morgan fingerprint density at radius 1 is 0.692 bits per heavy atom. The zero-order valence-corrected chi connectivity index (χ0v) is 17.8. The van der Waals surface area contributed by atoms with Gasteiger partial charge in [0.25, 0.3) is 0 Å². The van der Waals surface area contributed by atoms with Gasteiger partial charge in [-0.2, -0.15) is 0 Å². The van der Waals surface area contributed by atoms with Crippen molar-refractivity contribution >= 4 is 5.91 Å². The molecule has 0 radical (unpaired) electrons. The molecule has 0 aliphatic rings. The molecule has 156 valence electrons. The minimum Gasteiger partial charge on any atom is -0.379 e. The Balaban J connectivity index is 3.27. The average Bonchev–Trinajstić information content (AvgIpc) is 2.50. The van der Waals surface area contributed by atoms with Crippen LogP contribution in [0.5, 0.6) is 0 Å². The Morgan fingerprint density at radius 3 is 1.81 bits per heavy atom. The summed E-state index contributed by atoms with van der Waals surface area (Å²) in [7, 11) is 0. The predicted octanol–water partition coefficient (Wildman–Crippen LogP) is 3.04. The first-order valence-corrected chi connectivity index (χ1v) is 9.68. The number of rotatable bonds is 15. The van der Waals surface area contributed by atoms with Crippen LogP contribution >= 0.6 is 0 Å². The number of carbonyl (C=O) groups excluding carboxylic acids is 1. The molecule has 1 N–H and O–H groups in total. The van der Waals surface area contributed by atoms with Gasteiger partial charge in [-0.1, -0.05) is 41.5 Å². The van der Waals surface area contributed by atoms with E-state index in [0.717, 1.165) is 13.0 Å². The molecule has 0 aromatic carbocycles. The Kier molecular flexibility index (Phi) is 14.0.